The Morgan fingerprint density at radius 2 is 1.86 bits per heavy atom. The van der Waals surface area contributed by atoms with Crippen LogP contribution in [0, 0.1) is 0 Å². The summed E-state index contributed by atoms with van der Waals surface area (Å²) in [6.45, 7) is 3.94. The lowest BCUT2D eigenvalue weighted by Crippen LogP contribution is -2.40. The molecule has 0 fully saturated rings. The van der Waals surface area contributed by atoms with Crippen LogP contribution >= 0.6 is 24.0 Å². The van der Waals surface area contributed by atoms with E-state index in [1.54, 1.807) is 32.4 Å². The molecule has 2 aromatic carbocycles. The number of methoxy groups -OCH3 is 2. The van der Waals surface area contributed by atoms with Crippen LogP contribution in [0.2, 0.25) is 0 Å². The maximum Gasteiger partial charge on any atom is 0.198 e. The Hall–Kier alpha value is -2.00. The molecule has 7 heteroatoms. The molecule has 0 saturated carbocycles. The van der Waals surface area contributed by atoms with E-state index in [0.717, 1.165) is 25.5 Å². The fourth-order valence-corrected chi connectivity index (χ4v) is 3.25. The first-order chi connectivity index (χ1) is 13.2. The van der Waals surface area contributed by atoms with Crippen LogP contribution in [0.3, 0.4) is 0 Å². The minimum absolute atomic E-state index is 0. The Balaban J connectivity index is 0.00000280. The summed E-state index contributed by atoms with van der Waals surface area (Å²) >= 11 is 0. The fraction of sp³-hybridized carbons (Fsp3) is 0.381. The number of aliphatic imine (C=N–C) groups is 1. The van der Waals surface area contributed by atoms with Crippen molar-refractivity contribution in [2.75, 3.05) is 38.8 Å². The number of rotatable bonds is 6. The monoisotopic (exact) mass is 497 g/mol. The Morgan fingerprint density at radius 1 is 1.18 bits per heavy atom. The van der Waals surface area contributed by atoms with Crippen molar-refractivity contribution in [1.82, 2.24) is 5.32 Å². The molecule has 0 aliphatic carbocycles. The first-order valence-corrected chi connectivity index (χ1v) is 9.21. The van der Waals surface area contributed by atoms with Gasteiger partial charge in [0.05, 0.1) is 26.9 Å². The minimum Gasteiger partial charge on any atom is -0.497 e. The highest BCUT2D eigenvalue weighted by Crippen LogP contribution is 2.29. The van der Waals surface area contributed by atoms with E-state index < -0.39 is 6.10 Å². The maximum atomic E-state index is 10.7. The summed E-state index contributed by atoms with van der Waals surface area (Å²) in [7, 11) is 3.19. The van der Waals surface area contributed by atoms with E-state index in [4.69, 9.17) is 9.47 Å². The van der Waals surface area contributed by atoms with Crippen molar-refractivity contribution in [3.05, 3.63) is 53.6 Å². The van der Waals surface area contributed by atoms with Crippen molar-refractivity contribution in [3.63, 3.8) is 0 Å². The second-order valence-electron chi connectivity index (χ2n) is 6.39. The third kappa shape index (κ3) is 5.08. The highest BCUT2D eigenvalue weighted by atomic mass is 127. The standard InChI is InChI=1S/C21H27N3O3.HI/c1-4-22-21(24-10-9-15-7-5-6-8-19(15)24)23-14-20(25)16-11-17(26-2)13-18(12-16)27-3;/h5-8,11-13,20,25H,4,9-10,14H2,1-3H3,(H,22,23);1H. The summed E-state index contributed by atoms with van der Waals surface area (Å²) in [5.74, 6) is 2.08. The number of fused-ring (bicyclic) bond motifs is 1. The number of aliphatic hydroxyl groups excluding tert-OH is 1. The number of benzene rings is 2. The van der Waals surface area contributed by atoms with E-state index in [-0.39, 0.29) is 30.5 Å². The normalized spacial score (nSPS) is 14.1. The number of hydrogen-bond donors (Lipinski definition) is 2. The summed E-state index contributed by atoms with van der Waals surface area (Å²) in [6.07, 6.45) is 0.247. The number of aliphatic hydroxyl groups is 1. The van der Waals surface area contributed by atoms with Gasteiger partial charge in [-0.25, -0.2) is 4.99 Å². The van der Waals surface area contributed by atoms with Gasteiger partial charge >= 0.3 is 0 Å². The number of nitrogens with one attached hydrogen (secondary N) is 1. The zero-order valence-electron chi connectivity index (χ0n) is 16.5. The van der Waals surface area contributed by atoms with E-state index in [1.165, 1.54) is 11.3 Å². The molecule has 0 amide bonds. The van der Waals surface area contributed by atoms with E-state index in [9.17, 15) is 5.11 Å². The largest absolute Gasteiger partial charge is 0.497 e. The average Bonchev–Trinajstić information content (AvgIpc) is 3.14. The summed E-state index contributed by atoms with van der Waals surface area (Å²) < 4.78 is 10.6. The number of nitrogens with zero attached hydrogens (tertiary/aromatic N) is 2. The highest BCUT2D eigenvalue weighted by molar-refractivity contribution is 14.0. The Morgan fingerprint density at radius 3 is 2.50 bits per heavy atom. The lowest BCUT2D eigenvalue weighted by atomic mass is 10.1. The molecule has 0 radical (unpaired) electrons. The fourth-order valence-electron chi connectivity index (χ4n) is 3.25. The SMILES string of the molecule is CCNC(=NCC(O)c1cc(OC)cc(OC)c1)N1CCc2ccccc21.I. The second kappa shape index (κ2) is 10.5. The number of hydrogen-bond acceptors (Lipinski definition) is 4. The van der Waals surface area contributed by atoms with Crippen LogP contribution in [0.1, 0.15) is 24.2 Å². The van der Waals surface area contributed by atoms with Crippen molar-refractivity contribution in [3.8, 4) is 11.5 Å². The smallest absolute Gasteiger partial charge is 0.198 e. The van der Waals surface area contributed by atoms with Gasteiger partial charge in [0.25, 0.3) is 0 Å². The summed E-state index contributed by atoms with van der Waals surface area (Å²) in [5.41, 5.74) is 3.21. The van der Waals surface area contributed by atoms with Crippen LogP contribution in [0.15, 0.2) is 47.5 Å². The topological polar surface area (TPSA) is 66.3 Å². The van der Waals surface area contributed by atoms with Crippen molar-refractivity contribution in [2.24, 2.45) is 4.99 Å². The molecule has 6 nitrogen and oxygen atoms in total. The van der Waals surface area contributed by atoms with Gasteiger partial charge < -0.3 is 24.8 Å². The zero-order chi connectivity index (χ0) is 19.2. The molecule has 1 aliphatic rings. The van der Waals surface area contributed by atoms with Crippen LogP contribution in [0.4, 0.5) is 5.69 Å². The van der Waals surface area contributed by atoms with E-state index in [2.05, 4.69) is 33.4 Å². The van der Waals surface area contributed by atoms with E-state index in [0.29, 0.717) is 17.1 Å². The van der Waals surface area contributed by atoms with Crippen LogP contribution in [0.25, 0.3) is 0 Å². The van der Waals surface area contributed by atoms with Gasteiger partial charge in [0.15, 0.2) is 5.96 Å². The molecule has 152 valence electrons. The van der Waals surface area contributed by atoms with Gasteiger partial charge in [0.1, 0.15) is 11.5 Å². The van der Waals surface area contributed by atoms with E-state index in [1.807, 2.05) is 13.0 Å². The van der Waals surface area contributed by atoms with E-state index >= 15 is 0 Å². The molecule has 28 heavy (non-hydrogen) atoms. The number of anilines is 1. The molecule has 3 rings (SSSR count). The van der Waals surface area contributed by atoms with Crippen LogP contribution < -0.4 is 19.7 Å². The van der Waals surface area contributed by atoms with Gasteiger partial charge in [-0.3, -0.25) is 0 Å². The molecule has 1 heterocycles. The quantitative estimate of drug-likeness (QED) is 0.364. The van der Waals surface area contributed by atoms with Gasteiger partial charge in [-0.2, -0.15) is 0 Å². The Labute approximate surface area is 183 Å². The molecule has 2 aromatic rings. The van der Waals surface area contributed by atoms with Gasteiger partial charge in [0, 0.05) is 24.8 Å². The maximum absolute atomic E-state index is 10.7. The lowest BCUT2D eigenvalue weighted by molar-refractivity contribution is 0.186. The first-order valence-electron chi connectivity index (χ1n) is 9.21. The molecular weight excluding hydrogens is 469 g/mol. The zero-order valence-corrected chi connectivity index (χ0v) is 18.8. The third-order valence-corrected chi connectivity index (χ3v) is 4.65. The third-order valence-electron chi connectivity index (χ3n) is 4.65. The first kappa shape index (κ1) is 22.3. The molecule has 1 atom stereocenters. The molecule has 1 aliphatic heterocycles. The van der Waals surface area contributed by atoms with Crippen LogP contribution in [-0.2, 0) is 6.42 Å². The van der Waals surface area contributed by atoms with Crippen molar-refractivity contribution < 1.29 is 14.6 Å². The molecule has 0 aromatic heterocycles. The van der Waals surface area contributed by atoms with Crippen molar-refractivity contribution in [2.45, 2.75) is 19.4 Å². The summed E-state index contributed by atoms with van der Waals surface area (Å²) in [4.78, 5) is 6.86. The summed E-state index contributed by atoms with van der Waals surface area (Å²) in [5, 5.41) is 14.0. The summed E-state index contributed by atoms with van der Waals surface area (Å²) in [6, 6.07) is 13.8. The molecule has 0 bridgehead atoms. The van der Waals surface area contributed by atoms with Gasteiger partial charge in [-0.1, -0.05) is 18.2 Å². The van der Waals surface area contributed by atoms with Crippen molar-refractivity contribution in [1.29, 1.82) is 0 Å². The van der Waals surface area contributed by atoms with Gasteiger partial charge in [0.2, 0.25) is 0 Å². The molecule has 0 spiro atoms. The van der Waals surface area contributed by atoms with Gasteiger partial charge in [-0.05, 0) is 42.7 Å². The number of para-hydroxylation sites is 1. The molecule has 2 N–H and O–H groups in total. The number of halogens is 1. The Bertz CT molecular complexity index is 791. The predicted molar refractivity (Wildman–Crippen MR) is 123 cm³/mol. The average molecular weight is 497 g/mol. The van der Waals surface area contributed by atoms with Gasteiger partial charge in [-0.15, -0.1) is 24.0 Å². The van der Waals surface area contributed by atoms with Crippen LogP contribution in [0.5, 0.6) is 11.5 Å². The Kier molecular flexibility index (Phi) is 8.37. The molecule has 0 saturated heterocycles. The van der Waals surface area contributed by atoms with Crippen molar-refractivity contribution >= 4 is 35.6 Å². The lowest BCUT2D eigenvalue weighted by Gasteiger charge is -2.23. The molecular formula is C21H28IN3O3. The highest BCUT2D eigenvalue weighted by Gasteiger charge is 2.22. The number of guanidine groups is 1. The minimum atomic E-state index is -0.750. The van der Waals surface area contributed by atoms with Crippen LogP contribution in [-0.4, -0.2) is 44.9 Å². The second-order valence-corrected chi connectivity index (χ2v) is 6.39. The number of ether oxygens (including phenoxy) is 2. The predicted octanol–water partition coefficient (Wildman–Crippen LogP) is 3.38. The molecule has 1 unspecified atom stereocenters.